The largest absolute Gasteiger partial charge is 0.416 e. The van der Waals surface area contributed by atoms with E-state index in [-0.39, 0.29) is 35.4 Å². The maximum absolute atomic E-state index is 12.8. The summed E-state index contributed by atoms with van der Waals surface area (Å²) < 4.78 is 43.9. The summed E-state index contributed by atoms with van der Waals surface area (Å²) in [6.45, 7) is 5.11. The van der Waals surface area contributed by atoms with E-state index >= 15 is 0 Å². The fourth-order valence-corrected chi connectivity index (χ4v) is 4.97. The van der Waals surface area contributed by atoms with Crippen LogP contribution in [0.1, 0.15) is 25.3 Å². The fraction of sp³-hybridized carbons (Fsp3) is 0.619. The lowest BCUT2D eigenvalue weighted by atomic mass is 10.0. The average Bonchev–Trinajstić information content (AvgIpc) is 3.12. The summed E-state index contributed by atoms with van der Waals surface area (Å²) in [6, 6.07) is 4.84. The van der Waals surface area contributed by atoms with E-state index in [1.54, 1.807) is 0 Å². The zero-order chi connectivity index (χ0) is 21.5. The molecule has 30 heavy (non-hydrogen) atoms. The molecule has 0 radical (unpaired) electrons. The minimum atomic E-state index is -4.48. The fourth-order valence-electron chi connectivity index (χ4n) is 4.97. The van der Waals surface area contributed by atoms with Crippen molar-refractivity contribution in [2.24, 2.45) is 17.3 Å². The molecule has 1 aromatic rings. The number of fused-ring (bicyclic) bond motifs is 1. The number of ether oxygens (including phenoxy) is 1. The molecule has 9 heteroatoms. The Morgan fingerprint density at radius 2 is 2.13 bits per heavy atom. The molecule has 1 aliphatic carbocycles. The summed E-state index contributed by atoms with van der Waals surface area (Å²) in [5.41, 5.74) is -0.875. The number of nitrogens with one attached hydrogen (secondary N) is 2. The number of amides is 2. The van der Waals surface area contributed by atoms with Crippen LogP contribution in [0.5, 0.6) is 0 Å². The number of piperidine rings is 1. The van der Waals surface area contributed by atoms with Gasteiger partial charge in [0.1, 0.15) is 0 Å². The molecule has 2 aliphatic heterocycles. The molecule has 6 nitrogen and oxygen atoms in total. The predicted molar refractivity (Wildman–Crippen MR) is 104 cm³/mol. The molecule has 3 fully saturated rings. The van der Waals surface area contributed by atoms with Gasteiger partial charge in [0.25, 0.3) is 0 Å². The molecule has 164 valence electrons. The number of nitrogens with zero attached hydrogens (tertiary/aromatic N) is 1. The molecule has 2 N–H and O–H groups in total. The van der Waals surface area contributed by atoms with Crippen LogP contribution in [-0.4, -0.2) is 55.6 Å². The molecule has 0 aromatic heterocycles. The van der Waals surface area contributed by atoms with Gasteiger partial charge in [-0.15, -0.1) is 0 Å². The summed E-state index contributed by atoms with van der Waals surface area (Å²) in [7, 11) is 0. The highest BCUT2D eigenvalue weighted by molar-refractivity contribution is 5.95. The van der Waals surface area contributed by atoms with E-state index in [0.29, 0.717) is 6.04 Å². The zero-order valence-electron chi connectivity index (χ0n) is 16.8. The van der Waals surface area contributed by atoms with E-state index in [4.69, 9.17) is 4.74 Å². The van der Waals surface area contributed by atoms with Gasteiger partial charge in [0, 0.05) is 37.3 Å². The predicted octanol–water partition coefficient (Wildman–Crippen LogP) is 2.51. The first-order chi connectivity index (χ1) is 14.2. The molecule has 3 aliphatic rings. The molecule has 2 amide bonds. The second-order valence-corrected chi connectivity index (χ2v) is 8.73. The second kappa shape index (κ2) is 7.85. The van der Waals surface area contributed by atoms with Crippen LogP contribution >= 0.6 is 0 Å². The first kappa shape index (κ1) is 21.1. The SMILES string of the molecule is CC12CN(C3CCCOC3)CC1C2C(=O)NCC(=O)Nc1cccc(C(F)(F)F)c1. The highest BCUT2D eigenvalue weighted by Gasteiger charge is 2.69. The van der Waals surface area contributed by atoms with Gasteiger partial charge in [-0.3, -0.25) is 14.5 Å². The Morgan fingerprint density at radius 1 is 1.33 bits per heavy atom. The van der Waals surface area contributed by atoms with Crippen LogP contribution in [0, 0.1) is 17.3 Å². The van der Waals surface area contributed by atoms with Crippen LogP contribution in [-0.2, 0) is 20.5 Å². The Labute approximate surface area is 173 Å². The van der Waals surface area contributed by atoms with Gasteiger partial charge in [0.2, 0.25) is 11.8 Å². The van der Waals surface area contributed by atoms with Gasteiger partial charge in [-0.05, 0) is 42.4 Å². The molecular formula is C21H26F3N3O3. The molecule has 2 heterocycles. The normalized spacial score (nSPS) is 31.1. The number of alkyl halides is 3. The lowest BCUT2D eigenvalue weighted by molar-refractivity contribution is -0.137. The van der Waals surface area contributed by atoms with Crippen LogP contribution in [0.3, 0.4) is 0 Å². The van der Waals surface area contributed by atoms with Crippen LogP contribution in [0.15, 0.2) is 24.3 Å². The number of halogens is 3. The number of carbonyl (C=O) groups is 2. The first-order valence-electron chi connectivity index (χ1n) is 10.2. The zero-order valence-corrected chi connectivity index (χ0v) is 16.8. The van der Waals surface area contributed by atoms with Crippen molar-refractivity contribution in [2.75, 3.05) is 38.2 Å². The van der Waals surface area contributed by atoms with Crippen LogP contribution in [0.2, 0.25) is 0 Å². The summed E-state index contributed by atoms with van der Waals surface area (Å²) in [6.07, 6.45) is -2.30. The van der Waals surface area contributed by atoms with Crippen molar-refractivity contribution < 1.29 is 27.5 Å². The third-order valence-corrected chi connectivity index (χ3v) is 6.66. The van der Waals surface area contributed by atoms with Gasteiger partial charge in [-0.25, -0.2) is 0 Å². The van der Waals surface area contributed by atoms with E-state index < -0.39 is 17.6 Å². The quantitative estimate of drug-likeness (QED) is 0.761. The van der Waals surface area contributed by atoms with Crippen LogP contribution in [0.25, 0.3) is 0 Å². The minimum Gasteiger partial charge on any atom is -0.380 e. The molecule has 1 saturated carbocycles. The van der Waals surface area contributed by atoms with E-state index in [2.05, 4.69) is 22.5 Å². The Kier molecular flexibility index (Phi) is 5.52. The molecular weight excluding hydrogens is 399 g/mol. The first-order valence-corrected chi connectivity index (χ1v) is 10.2. The van der Waals surface area contributed by atoms with E-state index in [0.717, 1.165) is 51.3 Å². The Hall–Kier alpha value is -2.13. The number of benzene rings is 1. The number of hydrogen-bond donors (Lipinski definition) is 2. The summed E-state index contributed by atoms with van der Waals surface area (Å²) in [4.78, 5) is 27.1. The Bertz CT molecular complexity index is 825. The van der Waals surface area contributed by atoms with Crippen molar-refractivity contribution in [3.8, 4) is 0 Å². The second-order valence-electron chi connectivity index (χ2n) is 8.73. The lowest BCUT2D eigenvalue weighted by Crippen LogP contribution is -2.43. The van der Waals surface area contributed by atoms with Crippen LogP contribution < -0.4 is 10.6 Å². The van der Waals surface area contributed by atoms with Crippen molar-refractivity contribution in [1.29, 1.82) is 0 Å². The number of anilines is 1. The van der Waals surface area contributed by atoms with Crippen molar-refractivity contribution in [2.45, 2.75) is 32.0 Å². The summed E-state index contributed by atoms with van der Waals surface area (Å²) in [5.74, 6) is -0.577. The number of hydrogen-bond acceptors (Lipinski definition) is 4. The maximum Gasteiger partial charge on any atom is 0.416 e. The maximum atomic E-state index is 12.8. The van der Waals surface area contributed by atoms with Crippen molar-refractivity contribution in [1.82, 2.24) is 10.2 Å². The Morgan fingerprint density at radius 3 is 2.77 bits per heavy atom. The number of rotatable bonds is 5. The van der Waals surface area contributed by atoms with E-state index in [1.807, 2.05) is 0 Å². The lowest BCUT2D eigenvalue weighted by Gasteiger charge is -2.33. The van der Waals surface area contributed by atoms with Crippen LogP contribution in [0.4, 0.5) is 18.9 Å². The monoisotopic (exact) mass is 425 g/mol. The van der Waals surface area contributed by atoms with Gasteiger partial charge in [0.05, 0.1) is 18.7 Å². The molecule has 0 spiro atoms. The van der Waals surface area contributed by atoms with Gasteiger partial charge in [0.15, 0.2) is 0 Å². The summed E-state index contributed by atoms with van der Waals surface area (Å²) >= 11 is 0. The molecule has 1 aromatic carbocycles. The van der Waals surface area contributed by atoms with Gasteiger partial charge in [-0.2, -0.15) is 13.2 Å². The highest BCUT2D eigenvalue weighted by atomic mass is 19.4. The molecule has 4 atom stereocenters. The third-order valence-electron chi connectivity index (χ3n) is 6.66. The number of likely N-dealkylation sites (tertiary alicyclic amines) is 1. The molecule has 4 rings (SSSR count). The molecule has 4 unspecified atom stereocenters. The third kappa shape index (κ3) is 4.18. The van der Waals surface area contributed by atoms with E-state index in [9.17, 15) is 22.8 Å². The average molecular weight is 425 g/mol. The molecule has 2 saturated heterocycles. The van der Waals surface area contributed by atoms with Gasteiger partial charge >= 0.3 is 6.18 Å². The smallest absolute Gasteiger partial charge is 0.380 e. The Balaban J connectivity index is 1.25. The van der Waals surface area contributed by atoms with E-state index in [1.165, 1.54) is 12.1 Å². The topological polar surface area (TPSA) is 70.7 Å². The van der Waals surface area contributed by atoms with Gasteiger partial charge in [-0.1, -0.05) is 13.0 Å². The van der Waals surface area contributed by atoms with Crippen molar-refractivity contribution in [3.63, 3.8) is 0 Å². The summed E-state index contributed by atoms with van der Waals surface area (Å²) in [5, 5.41) is 5.04. The highest BCUT2D eigenvalue weighted by Crippen LogP contribution is 2.63. The van der Waals surface area contributed by atoms with Gasteiger partial charge < -0.3 is 15.4 Å². The molecule has 0 bridgehead atoms. The minimum absolute atomic E-state index is 0.0460. The number of carbonyl (C=O) groups excluding carboxylic acids is 2. The standard InChI is InChI=1S/C21H26F3N3O3/c1-20-12-27(15-6-3-7-30-11-15)10-16(20)18(20)19(29)25-9-17(28)26-14-5-2-4-13(8-14)21(22,23)24/h2,4-5,8,15-16,18H,3,6-7,9-12H2,1H3,(H,25,29)(H,26,28). The van der Waals surface area contributed by atoms with Crippen molar-refractivity contribution >= 4 is 17.5 Å². The van der Waals surface area contributed by atoms with Crippen molar-refractivity contribution in [3.05, 3.63) is 29.8 Å².